The Morgan fingerprint density at radius 3 is 3.00 bits per heavy atom. The lowest BCUT2D eigenvalue weighted by Crippen LogP contribution is -2.23. The van der Waals surface area contributed by atoms with Gasteiger partial charge in [-0.05, 0) is 49.6 Å². The number of nitrogens with zero attached hydrogens (tertiary/aromatic N) is 2. The largest absolute Gasteiger partial charge is 0.489 e. The zero-order chi connectivity index (χ0) is 20.2. The lowest BCUT2D eigenvalue weighted by atomic mass is 10.2. The van der Waals surface area contributed by atoms with Crippen LogP contribution in [0.15, 0.2) is 53.5 Å². The zero-order valence-corrected chi connectivity index (χ0v) is 16.3. The highest BCUT2D eigenvalue weighted by atomic mass is 16.5. The van der Waals surface area contributed by atoms with E-state index in [-0.39, 0.29) is 24.0 Å². The number of anilines is 1. The molecular weight excluding hydrogens is 370 g/mol. The minimum absolute atomic E-state index is 0.0140. The quantitative estimate of drug-likeness (QED) is 0.696. The lowest BCUT2D eigenvalue weighted by molar-refractivity contribution is -0.116. The number of ether oxygens (including phenoxy) is 2. The number of para-hydroxylation sites is 1. The number of fused-ring (bicyclic) bond motifs is 1. The molecule has 1 unspecified atom stereocenters. The lowest BCUT2D eigenvalue weighted by Gasteiger charge is -2.16. The zero-order valence-electron chi connectivity index (χ0n) is 16.3. The molecule has 1 amide bonds. The third kappa shape index (κ3) is 4.46. The number of amides is 1. The number of carbonyl (C=O) groups excluding carboxylic acids is 1. The molecule has 0 spiro atoms. The van der Waals surface area contributed by atoms with Crippen LogP contribution in [0.3, 0.4) is 0 Å². The van der Waals surface area contributed by atoms with Crippen LogP contribution >= 0.6 is 0 Å². The molecule has 0 bridgehead atoms. The maximum absolute atomic E-state index is 12.7. The summed E-state index contributed by atoms with van der Waals surface area (Å²) in [6.07, 6.45) is 3.36. The van der Waals surface area contributed by atoms with Gasteiger partial charge >= 0.3 is 0 Å². The van der Waals surface area contributed by atoms with Crippen molar-refractivity contribution in [2.75, 3.05) is 18.5 Å². The normalized spacial score (nSPS) is 16.1. The monoisotopic (exact) mass is 393 g/mol. The third-order valence-corrected chi connectivity index (χ3v) is 4.92. The maximum atomic E-state index is 12.7. The molecule has 1 aliphatic heterocycles. The van der Waals surface area contributed by atoms with E-state index in [4.69, 9.17) is 9.47 Å². The van der Waals surface area contributed by atoms with Crippen molar-refractivity contribution in [1.29, 1.82) is 0 Å². The Morgan fingerprint density at radius 1 is 1.31 bits per heavy atom. The number of aryl methyl sites for hydroxylation is 1. The first kappa shape index (κ1) is 19.1. The van der Waals surface area contributed by atoms with Crippen molar-refractivity contribution < 1.29 is 14.3 Å². The van der Waals surface area contributed by atoms with Crippen LogP contribution in [0.5, 0.6) is 5.75 Å². The molecular formula is C22H23N3O4. The first-order valence-corrected chi connectivity index (χ1v) is 9.70. The number of hydrogen-bond donors (Lipinski definition) is 1. The highest BCUT2D eigenvalue weighted by molar-refractivity contribution is 5.93. The smallest absolute Gasteiger partial charge is 0.246 e. The number of hydrogen-bond acceptors (Lipinski definition) is 5. The van der Waals surface area contributed by atoms with E-state index in [1.165, 1.54) is 10.9 Å². The van der Waals surface area contributed by atoms with E-state index < -0.39 is 0 Å². The Labute approximate surface area is 168 Å². The Balaban J connectivity index is 1.50. The Bertz CT molecular complexity index is 1090. The van der Waals surface area contributed by atoms with Gasteiger partial charge in [0.2, 0.25) is 11.3 Å². The molecule has 3 aromatic rings. The van der Waals surface area contributed by atoms with E-state index in [0.717, 1.165) is 25.0 Å². The highest BCUT2D eigenvalue weighted by Gasteiger charge is 2.17. The number of rotatable bonds is 6. The molecule has 2 heterocycles. The predicted molar refractivity (Wildman–Crippen MR) is 110 cm³/mol. The second-order valence-corrected chi connectivity index (χ2v) is 7.18. The van der Waals surface area contributed by atoms with Gasteiger partial charge in [-0.1, -0.05) is 18.2 Å². The van der Waals surface area contributed by atoms with Crippen LogP contribution in [0.1, 0.15) is 18.4 Å². The Kier molecular flexibility index (Phi) is 5.57. The number of carbonyl (C=O) groups is 1. The summed E-state index contributed by atoms with van der Waals surface area (Å²) >= 11 is 0. The van der Waals surface area contributed by atoms with Gasteiger partial charge in [0.05, 0.1) is 23.5 Å². The van der Waals surface area contributed by atoms with Gasteiger partial charge in [-0.2, -0.15) is 5.10 Å². The van der Waals surface area contributed by atoms with E-state index in [1.54, 1.807) is 18.2 Å². The maximum Gasteiger partial charge on any atom is 0.246 e. The molecule has 0 aliphatic carbocycles. The molecule has 1 saturated heterocycles. The second kappa shape index (κ2) is 8.45. The molecule has 1 N–H and O–H groups in total. The fourth-order valence-electron chi connectivity index (χ4n) is 3.42. The van der Waals surface area contributed by atoms with Crippen molar-refractivity contribution in [3.8, 4) is 5.75 Å². The third-order valence-electron chi connectivity index (χ3n) is 4.92. The summed E-state index contributed by atoms with van der Waals surface area (Å²) < 4.78 is 13.1. The highest BCUT2D eigenvalue weighted by Crippen LogP contribution is 2.27. The fraction of sp³-hybridized carbons (Fsp3) is 0.318. The van der Waals surface area contributed by atoms with Crippen LogP contribution in [0.25, 0.3) is 10.9 Å². The van der Waals surface area contributed by atoms with Gasteiger partial charge in [0.1, 0.15) is 18.9 Å². The average molecular weight is 393 g/mol. The second-order valence-electron chi connectivity index (χ2n) is 7.18. The summed E-state index contributed by atoms with van der Waals surface area (Å²) in [5.41, 5.74) is 2.09. The van der Waals surface area contributed by atoms with Crippen molar-refractivity contribution in [2.45, 2.75) is 32.4 Å². The molecule has 0 radical (unpaired) electrons. The van der Waals surface area contributed by atoms with Crippen molar-refractivity contribution in [2.24, 2.45) is 0 Å². The van der Waals surface area contributed by atoms with Gasteiger partial charge in [0, 0.05) is 12.0 Å². The molecule has 7 heteroatoms. The Hall–Kier alpha value is -3.19. The topological polar surface area (TPSA) is 82.5 Å². The van der Waals surface area contributed by atoms with Gasteiger partial charge in [-0.3, -0.25) is 14.3 Å². The van der Waals surface area contributed by atoms with E-state index in [9.17, 15) is 9.59 Å². The van der Waals surface area contributed by atoms with Gasteiger partial charge in [-0.15, -0.1) is 0 Å². The van der Waals surface area contributed by atoms with Gasteiger partial charge in [0.15, 0.2) is 0 Å². The van der Waals surface area contributed by atoms with Crippen LogP contribution in [0.2, 0.25) is 0 Å². The van der Waals surface area contributed by atoms with Crippen LogP contribution in [0.4, 0.5) is 5.69 Å². The van der Waals surface area contributed by atoms with Crippen molar-refractivity contribution in [3.05, 3.63) is 64.4 Å². The molecule has 7 nitrogen and oxygen atoms in total. The average Bonchev–Trinajstić information content (AvgIpc) is 3.24. The number of aromatic nitrogens is 2. The standard InChI is InChI=1S/C22H23N3O4/c1-15-8-9-18(21(11-15)29-14-16-5-4-10-28-16)24-22(27)13-25-19-7-3-2-6-17(19)20(26)12-23-25/h2-3,6-9,11-12,16H,4-5,10,13-14H2,1H3,(H,24,27). The minimum Gasteiger partial charge on any atom is -0.489 e. The molecule has 2 aromatic carbocycles. The van der Waals surface area contributed by atoms with Crippen LogP contribution in [-0.4, -0.2) is 35.0 Å². The molecule has 1 atom stereocenters. The molecule has 1 aliphatic rings. The van der Waals surface area contributed by atoms with E-state index >= 15 is 0 Å². The van der Waals surface area contributed by atoms with Crippen molar-refractivity contribution >= 4 is 22.5 Å². The van der Waals surface area contributed by atoms with E-state index in [2.05, 4.69) is 10.4 Å². The SMILES string of the molecule is Cc1ccc(NC(=O)Cn2ncc(=O)c3ccccc32)c(OCC2CCCO2)c1. The summed E-state index contributed by atoms with van der Waals surface area (Å²) in [7, 11) is 0. The minimum atomic E-state index is -0.253. The number of benzene rings is 2. The van der Waals surface area contributed by atoms with Gasteiger partial charge in [0.25, 0.3) is 0 Å². The van der Waals surface area contributed by atoms with Gasteiger partial charge in [-0.25, -0.2) is 0 Å². The van der Waals surface area contributed by atoms with E-state index in [1.807, 2.05) is 31.2 Å². The summed E-state index contributed by atoms with van der Waals surface area (Å²) in [6.45, 7) is 3.19. The predicted octanol–water partition coefficient (Wildman–Crippen LogP) is 2.90. The molecule has 29 heavy (non-hydrogen) atoms. The first-order chi connectivity index (χ1) is 14.1. The van der Waals surface area contributed by atoms with Crippen LogP contribution in [-0.2, 0) is 16.1 Å². The molecule has 1 aromatic heterocycles. The molecule has 150 valence electrons. The number of nitrogens with one attached hydrogen (secondary N) is 1. The molecule has 1 fully saturated rings. The first-order valence-electron chi connectivity index (χ1n) is 9.70. The summed E-state index contributed by atoms with van der Waals surface area (Å²) in [5, 5.41) is 7.54. The summed E-state index contributed by atoms with van der Waals surface area (Å²) in [4.78, 5) is 24.6. The van der Waals surface area contributed by atoms with Crippen LogP contribution < -0.4 is 15.5 Å². The van der Waals surface area contributed by atoms with Gasteiger partial charge < -0.3 is 14.8 Å². The summed E-state index contributed by atoms with van der Waals surface area (Å²) in [5.74, 6) is 0.365. The summed E-state index contributed by atoms with van der Waals surface area (Å²) in [6, 6.07) is 12.8. The fourth-order valence-corrected chi connectivity index (χ4v) is 3.42. The molecule has 4 rings (SSSR count). The van der Waals surface area contributed by atoms with E-state index in [0.29, 0.717) is 28.9 Å². The van der Waals surface area contributed by atoms with Crippen molar-refractivity contribution in [3.63, 3.8) is 0 Å². The Morgan fingerprint density at radius 2 is 2.17 bits per heavy atom. The van der Waals surface area contributed by atoms with Crippen LogP contribution in [0, 0.1) is 6.92 Å². The van der Waals surface area contributed by atoms with Crippen molar-refractivity contribution in [1.82, 2.24) is 9.78 Å². The molecule has 0 saturated carbocycles.